The van der Waals surface area contributed by atoms with E-state index in [1.54, 1.807) is 0 Å². The summed E-state index contributed by atoms with van der Waals surface area (Å²) in [6.07, 6.45) is 17.8. The molecule has 0 bridgehead atoms. The van der Waals surface area contributed by atoms with E-state index in [2.05, 4.69) is 19.2 Å². The number of esters is 1. The van der Waals surface area contributed by atoms with Crippen molar-refractivity contribution in [1.29, 1.82) is 0 Å². The fourth-order valence-electron chi connectivity index (χ4n) is 5.35. The Morgan fingerprint density at radius 2 is 1.54 bits per heavy atom. The van der Waals surface area contributed by atoms with Crippen LogP contribution in [0.2, 0.25) is 0 Å². The number of carbonyl (C=O) groups excluding carboxylic acids is 3. The quantitative estimate of drug-likeness (QED) is 0.0663. The number of ether oxygens (including phenoxy) is 1. The molecule has 0 spiro atoms. The van der Waals surface area contributed by atoms with Crippen LogP contribution in [0.1, 0.15) is 122 Å². The van der Waals surface area contributed by atoms with E-state index in [9.17, 15) is 14.4 Å². The molecule has 7 heteroatoms. The van der Waals surface area contributed by atoms with Crippen LogP contribution in [0.4, 0.5) is 0 Å². The van der Waals surface area contributed by atoms with Gasteiger partial charge in [0.2, 0.25) is 6.41 Å². The number of β-lactam (4-membered cyclic amide) rings is 1. The molecule has 0 aliphatic carbocycles. The average molecular weight is 545 g/mol. The first-order valence-electron chi connectivity index (χ1n) is 15.5. The van der Waals surface area contributed by atoms with Gasteiger partial charge in [-0.2, -0.15) is 0 Å². The van der Waals surface area contributed by atoms with Crippen molar-refractivity contribution in [3.63, 3.8) is 0 Å². The molecule has 7 nitrogen and oxygen atoms in total. The van der Waals surface area contributed by atoms with Crippen molar-refractivity contribution in [3.8, 4) is 0 Å². The summed E-state index contributed by atoms with van der Waals surface area (Å²) in [4.78, 5) is 42.1. The first-order valence-corrected chi connectivity index (χ1v) is 15.5. The van der Waals surface area contributed by atoms with Crippen molar-refractivity contribution in [3.05, 3.63) is 35.9 Å². The molecule has 1 N–H and O–H groups in total. The van der Waals surface area contributed by atoms with Crippen molar-refractivity contribution < 1.29 is 24.0 Å². The number of hydrogen-bond donors (Lipinski definition) is 1. The van der Waals surface area contributed by atoms with Gasteiger partial charge in [0.05, 0.1) is 12.0 Å². The largest absolute Gasteiger partial charge is 0.461 e. The van der Waals surface area contributed by atoms with Crippen molar-refractivity contribution in [2.24, 2.45) is 5.92 Å². The van der Waals surface area contributed by atoms with Crippen molar-refractivity contribution >= 4 is 18.3 Å². The molecule has 0 aromatic heterocycles. The molecule has 1 aromatic carbocycles. The van der Waals surface area contributed by atoms with Crippen LogP contribution in [0.3, 0.4) is 0 Å². The Bertz CT molecular complexity index is 803. The molecule has 39 heavy (non-hydrogen) atoms. The van der Waals surface area contributed by atoms with Gasteiger partial charge in [-0.3, -0.25) is 19.2 Å². The Morgan fingerprint density at radius 3 is 2.18 bits per heavy atom. The van der Waals surface area contributed by atoms with Crippen LogP contribution in [0, 0.1) is 5.92 Å². The Morgan fingerprint density at radius 1 is 0.923 bits per heavy atom. The zero-order valence-electron chi connectivity index (χ0n) is 24.4. The molecule has 1 aliphatic rings. The van der Waals surface area contributed by atoms with Gasteiger partial charge in [0.15, 0.2) is 0 Å². The lowest BCUT2D eigenvalue weighted by molar-refractivity contribution is -0.253. The van der Waals surface area contributed by atoms with Gasteiger partial charge in [-0.25, -0.2) is 5.06 Å². The van der Waals surface area contributed by atoms with E-state index >= 15 is 0 Å². The number of carbonyl (C=O) groups is 3. The zero-order valence-corrected chi connectivity index (χ0v) is 24.4. The molecule has 1 aromatic rings. The maximum atomic E-state index is 13.1. The second-order valence-electron chi connectivity index (χ2n) is 10.9. The summed E-state index contributed by atoms with van der Waals surface area (Å²) < 4.78 is 5.81. The minimum Gasteiger partial charge on any atom is -0.461 e. The molecular weight excluding hydrogens is 492 g/mol. The summed E-state index contributed by atoms with van der Waals surface area (Å²) in [5.41, 5.74) is 1.01. The smallest absolute Gasteiger partial charge is 0.325 e. The number of rotatable bonds is 24. The van der Waals surface area contributed by atoms with Gasteiger partial charge in [-0.15, -0.1) is 0 Å². The summed E-state index contributed by atoms with van der Waals surface area (Å²) in [5.74, 6) is -0.511. The predicted octanol–water partition coefficient (Wildman–Crippen LogP) is 6.88. The lowest BCUT2D eigenvalue weighted by Gasteiger charge is -2.47. The summed E-state index contributed by atoms with van der Waals surface area (Å²) in [7, 11) is 0. The number of unbranched alkanes of at least 4 members (excludes halogenated alkanes) is 11. The monoisotopic (exact) mass is 544 g/mol. The lowest BCUT2D eigenvalue weighted by atomic mass is 9.81. The highest BCUT2D eigenvalue weighted by atomic mass is 16.7. The molecule has 1 heterocycles. The predicted molar refractivity (Wildman–Crippen MR) is 155 cm³/mol. The Balaban J connectivity index is 1.95. The maximum Gasteiger partial charge on any atom is 0.325 e. The topological polar surface area (TPSA) is 84.9 Å². The van der Waals surface area contributed by atoms with Crippen LogP contribution < -0.4 is 5.32 Å². The number of benzene rings is 1. The highest BCUT2D eigenvalue weighted by Crippen LogP contribution is 2.36. The number of hydrogen-bond acceptors (Lipinski definition) is 5. The second kappa shape index (κ2) is 20.5. The first-order chi connectivity index (χ1) is 19.1. The third-order valence-corrected chi connectivity index (χ3v) is 7.64. The summed E-state index contributed by atoms with van der Waals surface area (Å²) in [5, 5.41) is 3.92. The molecule has 0 unspecified atom stereocenters. The number of amides is 2. The average Bonchev–Trinajstić information content (AvgIpc) is 2.95. The van der Waals surface area contributed by atoms with E-state index in [4.69, 9.17) is 9.57 Å². The fourth-order valence-corrected chi connectivity index (χ4v) is 5.35. The minimum absolute atomic E-state index is 0.0307. The molecule has 2 amide bonds. The Kier molecular flexibility index (Phi) is 17.2. The zero-order chi connectivity index (χ0) is 28.1. The summed E-state index contributed by atoms with van der Waals surface area (Å²) in [6, 6.07) is 9.72. The van der Waals surface area contributed by atoms with Gasteiger partial charge < -0.3 is 10.1 Å². The standard InChI is InChI=1S/C32H52N2O5/c1-3-5-7-9-10-11-12-13-17-21-28(39-31(36)24-33-26-35)23-30-29(22-18-8-6-4-2)32(37)34(30)38-25-27-19-15-14-16-20-27/h14-16,19-20,26,28-30H,3-13,17-18,21-25H2,1-2H3,(H,33,35)/t28-,29-,30-/m1/s1. The van der Waals surface area contributed by atoms with E-state index in [1.807, 2.05) is 30.3 Å². The highest BCUT2D eigenvalue weighted by Gasteiger charge is 2.49. The fraction of sp³-hybridized carbons (Fsp3) is 0.719. The van der Waals surface area contributed by atoms with Crippen LogP contribution in [0.15, 0.2) is 30.3 Å². The molecule has 220 valence electrons. The van der Waals surface area contributed by atoms with Gasteiger partial charge in [-0.1, -0.05) is 121 Å². The van der Waals surface area contributed by atoms with Crippen molar-refractivity contribution in [2.45, 2.75) is 135 Å². The molecule has 3 atom stereocenters. The molecule has 2 rings (SSSR count). The van der Waals surface area contributed by atoms with Crippen LogP contribution in [0.5, 0.6) is 0 Å². The van der Waals surface area contributed by atoms with Crippen LogP contribution in [0.25, 0.3) is 0 Å². The first kappa shape index (κ1) is 32.8. The molecule has 0 radical (unpaired) electrons. The third-order valence-electron chi connectivity index (χ3n) is 7.64. The second-order valence-corrected chi connectivity index (χ2v) is 10.9. The van der Waals surface area contributed by atoms with Crippen molar-refractivity contribution in [2.75, 3.05) is 6.54 Å². The van der Waals surface area contributed by atoms with Gasteiger partial charge in [0.25, 0.3) is 5.91 Å². The number of nitrogens with zero attached hydrogens (tertiary/aromatic N) is 1. The van der Waals surface area contributed by atoms with E-state index in [0.29, 0.717) is 19.4 Å². The molecular formula is C32H52N2O5. The summed E-state index contributed by atoms with van der Waals surface area (Å²) in [6.45, 7) is 4.61. The Hall–Kier alpha value is -2.41. The molecule has 1 aliphatic heterocycles. The van der Waals surface area contributed by atoms with Crippen molar-refractivity contribution in [1.82, 2.24) is 10.4 Å². The number of hydroxylamine groups is 2. The summed E-state index contributed by atoms with van der Waals surface area (Å²) >= 11 is 0. The van der Waals surface area contributed by atoms with Gasteiger partial charge in [0, 0.05) is 6.42 Å². The Labute approximate surface area is 236 Å². The molecule has 0 saturated carbocycles. The normalized spacial score (nSPS) is 17.5. The number of nitrogens with one attached hydrogen (secondary N) is 1. The van der Waals surface area contributed by atoms with Gasteiger partial charge in [0.1, 0.15) is 19.3 Å². The van der Waals surface area contributed by atoms with Crippen LogP contribution >= 0.6 is 0 Å². The lowest BCUT2D eigenvalue weighted by Crippen LogP contribution is -2.61. The maximum absolute atomic E-state index is 13.1. The molecule has 1 saturated heterocycles. The third kappa shape index (κ3) is 13.0. The highest BCUT2D eigenvalue weighted by molar-refractivity contribution is 5.85. The van der Waals surface area contributed by atoms with Gasteiger partial charge in [-0.05, 0) is 24.8 Å². The van der Waals surface area contributed by atoms with Crippen LogP contribution in [-0.4, -0.2) is 42.0 Å². The van der Waals surface area contributed by atoms with Crippen LogP contribution in [-0.2, 0) is 30.6 Å². The van der Waals surface area contributed by atoms with E-state index in [1.165, 1.54) is 56.4 Å². The molecule has 1 fully saturated rings. The SMILES string of the molecule is CCCCCCCCCCC[C@H](C[C@@H]1[C@@H](CCCCCC)C(=O)N1OCc1ccccc1)OC(=O)CNC=O. The van der Waals surface area contributed by atoms with E-state index < -0.39 is 5.97 Å². The minimum atomic E-state index is -0.440. The van der Waals surface area contributed by atoms with Gasteiger partial charge >= 0.3 is 5.97 Å². The van der Waals surface area contributed by atoms with E-state index in [0.717, 1.165) is 50.5 Å². The van der Waals surface area contributed by atoms with E-state index in [-0.39, 0.29) is 30.5 Å².